The maximum absolute atomic E-state index is 2.57. The molecular weight excluding hydrogens is 484 g/mol. The van der Waals surface area contributed by atoms with Crippen LogP contribution in [0.25, 0.3) is 0 Å². The SMILES string of the molecule is CCCCCCCCCCCCCCCC[N+](C)(CCCCCCCCCCCCCCCC)CC[N+](C)(C)C. The fourth-order valence-corrected chi connectivity index (χ4v) is 6.25. The van der Waals surface area contributed by atoms with Gasteiger partial charge in [0.1, 0.15) is 13.1 Å². The first-order valence-electron chi connectivity index (χ1n) is 19.0. The average Bonchev–Trinajstić information content (AvgIpc) is 2.92. The highest BCUT2D eigenvalue weighted by Crippen LogP contribution is 2.17. The number of quaternary nitrogens is 2. The van der Waals surface area contributed by atoms with Gasteiger partial charge in [0.25, 0.3) is 0 Å². The van der Waals surface area contributed by atoms with Crippen molar-refractivity contribution in [1.82, 2.24) is 0 Å². The molecule has 0 aliphatic carbocycles. The molecule has 0 amide bonds. The minimum absolute atomic E-state index is 1.10. The van der Waals surface area contributed by atoms with E-state index in [1.165, 1.54) is 210 Å². The van der Waals surface area contributed by atoms with Crippen LogP contribution in [0, 0.1) is 0 Å². The van der Waals surface area contributed by atoms with Gasteiger partial charge in [0.2, 0.25) is 0 Å². The summed E-state index contributed by atoms with van der Waals surface area (Å²) >= 11 is 0. The van der Waals surface area contributed by atoms with E-state index in [0.29, 0.717) is 0 Å². The molecule has 0 aromatic rings. The first-order chi connectivity index (χ1) is 19.3. The Morgan fingerprint density at radius 3 is 0.700 bits per heavy atom. The van der Waals surface area contributed by atoms with Gasteiger partial charge in [0, 0.05) is 0 Å². The molecule has 0 atom stereocenters. The molecule has 0 spiro atoms. The molecule has 242 valence electrons. The van der Waals surface area contributed by atoms with Crippen LogP contribution in [-0.4, -0.2) is 63.3 Å². The van der Waals surface area contributed by atoms with E-state index in [1.54, 1.807) is 0 Å². The first kappa shape index (κ1) is 39.9. The molecule has 0 radical (unpaired) electrons. The molecule has 2 heteroatoms. The third kappa shape index (κ3) is 30.9. The molecule has 0 fully saturated rings. The second kappa shape index (κ2) is 29.0. The summed E-state index contributed by atoms with van der Waals surface area (Å²) in [6.45, 7) is 10.1. The zero-order chi connectivity index (χ0) is 29.6. The number of likely N-dealkylation sites (N-methyl/N-ethyl adjacent to an activating group) is 2. The topological polar surface area (TPSA) is 0 Å². The zero-order valence-electron chi connectivity index (χ0n) is 29.5. The Bertz CT molecular complexity index is 448. The maximum Gasteiger partial charge on any atom is 0.128 e. The number of nitrogens with zero attached hydrogens (tertiary/aromatic N) is 2. The number of unbranched alkanes of at least 4 members (excludes halogenated alkanes) is 26. The molecule has 40 heavy (non-hydrogen) atoms. The van der Waals surface area contributed by atoms with Gasteiger partial charge < -0.3 is 8.97 Å². The Labute approximate surface area is 256 Å². The van der Waals surface area contributed by atoms with Crippen LogP contribution in [-0.2, 0) is 0 Å². The van der Waals surface area contributed by atoms with E-state index in [4.69, 9.17) is 0 Å². The van der Waals surface area contributed by atoms with Crippen LogP contribution in [0.1, 0.15) is 194 Å². The predicted molar refractivity (Wildman–Crippen MR) is 184 cm³/mol. The first-order valence-corrected chi connectivity index (χ1v) is 19.0. The van der Waals surface area contributed by atoms with E-state index >= 15 is 0 Å². The normalized spacial score (nSPS) is 12.4. The standard InChI is InChI=1S/C38H82N2/c1-7-9-11-13-15-17-19-21-23-25-27-29-31-33-35-40(6,38-37-39(3,4)5)36-34-32-30-28-26-24-22-20-18-16-14-12-10-8-2/h7-38H2,1-6H3/q+2. The highest BCUT2D eigenvalue weighted by molar-refractivity contribution is 4.52. The van der Waals surface area contributed by atoms with Crippen molar-refractivity contribution in [3.05, 3.63) is 0 Å². The van der Waals surface area contributed by atoms with E-state index < -0.39 is 0 Å². The van der Waals surface area contributed by atoms with Gasteiger partial charge in [0.15, 0.2) is 0 Å². The summed E-state index contributed by atoms with van der Waals surface area (Å²) in [5.41, 5.74) is 0. The number of hydrogen-bond donors (Lipinski definition) is 0. The molecular formula is C38H82N2+2. The summed E-state index contributed by atoms with van der Waals surface area (Å²) in [6.07, 6.45) is 40.9. The lowest BCUT2D eigenvalue weighted by Crippen LogP contribution is -2.52. The van der Waals surface area contributed by atoms with Gasteiger partial charge in [-0.3, -0.25) is 0 Å². The van der Waals surface area contributed by atoms with Crippen molar-refractivity contribution in [2.24, 2.45) is 0 Å². The van der Waals surface area contributed by atoms with Crippen molar-refractivity contribution in [1.29, 1.82) is 0 Å². The molecule has 0 saturated heterocycles. The Kier molecular flexibility index (Phi) is 29.0. The maximum atomic E-state index is 2.57. The van der Waals surface area contributed by atoms with Gasteiger partial charge in [-0.1, -0.05) is 168 Å². The van der Waals surface area contributed by atoms with Crippen LogP contribution in [0.5, 0.6) is 0 Å². The van der Waals surface area contributed by atoms with E-state index in [-0.39, 0.29) is 0 Å². The Morgan fingerprint density at radius 2 is 0.475 bits per heavy atom. The summed E-state index contributed by atoms with van der Waals surface area (Å²) in [5, 5.41) is 0. The zero-order valence-corrected chi connectivity index (χ0v) is 29.5. The minimum Gasteiger partial charge on any atom is -0.326 e. The third-order valence-corrected chi connectivity index (χ3v) is 9.41. The highest BCUT2D eigenvalue weighted by atomic mass is 15.4. The molecule has 0 rings (SSSR count). The summed E-state index contributed by atoms with van der Waals surface area (Å²) in [6, 6.07) is 0. The molecule has 0 bridgehead atoms. The van der Waals surface area contributed by atoms with Gasteiger partial charge >= 0.3 is 0 Å². The van der Waals surface area contributed by atoms with Crippen molar-refractivity contribution in [3.8, 4) is 0 Å². The number of hydrogen-bond acceptors (Lipinski definition) is 0. The fourth-order valence-electron chi connectivity index (χ4n) is 6.25. The lowest BCUT2D eigenvalue weighted by atomic mass is 10.0. The molecule has 0 saturated carbocycles. The summed E-state index contributed by atoms with van der Waals surface area (Å²) in [7, 11) is 9.66. The van der Waals surface area contributed by atoms with Crippen LogP contribution >= 0.6 is 0 Å². The predicted octanol–water partition coefficient (Wildman–Crippen LogP) is 12.1. The van der Waals surface area contributed by atoms with Gasteiger partial charge in [-0.15, -0.1) is 0 Å². The fraction of sp³-hybridized carbons (Fsp3) is 1.00. The molecule has 0 heterocycles. The third-order valence-electron chi connectivity index (χ3n) is 9.41. The molecule has 0 aliphatic rings. The van der Waals surface area contributed by atoms with Crippen LogP contribution in [0.4, 0.5) is 0 Å². The van der Waals surface area contributed by atoms with Crippen LogP contribution in [0.3, 0.4) is 0 Å². The lowest BCUT2D eigenvalue weighted by molar-refractivity contribution is -0.949. The molecule has 0 aromatic carbocycles. The minimum atomic E-state index is 1.10. The van der Waals surface area contributed by atoms with Gasteiger partial charge in [-0.25, -0.2) is 0 Å². The lowest BCUT2D eigenvalue weighted by Gasteiger charge is -2.37. The van der Waals surface area contributed by atoms with Crippen LogP contribution < -0.4 is 0 Å². The summed E-state index contributed by atoms with van der Waals surface area (Å²) in [5.74, 6) is 0. The number of rotatable bonds is 33. The van der Waals surface area contributed by atoms with Crippen molar-refractivity contribution in [2.45, 2.75) is 194 Å². The Hall–Kier alpha value is -0.0800. The summed E-state index contributed by atoms with van der Waals surface area (Å²) < 4.78 is 2.41. The monoisotopic (exact) mass is 567 g/mol. The molecule has 0 N–H and O–H groups in total. The van der Waals surface area contributed by atoms with Crippen LogP contribution in [0.2, 0.25) is 0 Å². The van der Waals surface area contributed by atoms with E-state index in [9.17, 15) is 0 Å². The van der Waals surface area contributed by atoms with Crippen molar-refractivity contribution in [2.75, 3.05) is 54.4 Å². The second-order valence-electron chi connectivity index (χ2n) is 15.0. The average molecular weight is 567 g/mol. The van der Waals surface area contributed by atoms with E-state index in [1.807, 2.05) is 0 Å². The second-order valence-corrected chi connectivity index (χ2v) is 15.0. The summed E-state index contributed by atoms with van der Waals surface area (Å²) in [4.78, 5) is 0. The van der Waals surface area contributed by atoms with Crippen LogP contribution in [0.15, 0.2) is 0 Å². The quantitative estimate of drug-likeness (QED) is 0.0547. The Balaban J connectivity index is 3.83. The van der Waals surface area contributed by atoms with Crippen molar-refractivity contribution >= 4 is 0 Å². The Morgan fingerprint density at radius 1 is 0.250 bits per heavy atom. The van der Waals surface area contributed by atoms with E-state index in [2.05, 4.69) is 42.0 Å². The van der Waals surface area contributed by atoms with E-state index in [0.717, 1.165) is 4.48 Å². The van der Waals surface area contributed by atoms with Crippen molar-refractivity contribution in [3.63, 3.8) is 0 Å². The van der Waals surface area contributed by atoms with Gasteiger partial charge in [-0.2, -0.15) is 0 Å². The molecule has 2 nitrogen and oxygen atoms in total. The smallest absolute Gasteiger partial charge is 0.128 e. The largest absolute Gasteiger partial charge is 0.326 e. The van der Waals surface area contributed by atoms with Gasteiger partial charge in [-0.05, 0) is 25.7 Å². The van der Waals surface area contributed by atoms with Gasteiger partial charge in [0.05, 0.1) is 41.3 Å². The molecule has 0 aromatic heterocycles. The molecule has 0 aliphatic heterocycles. The molecule has 0 unspecified atom stereocenters. The van der Waals surface area contributed by atoms with Crippen molar-refractivity contribution < 1.29 is 8.97 Å². The highest BCUT2D eigenvalue weighted by Gasteiger charge is 2.24.